The molecule has 1 saturated heterocycles. The smallest absolute Gasteiger partial charge is 0.243 e. The van der Waals surface area contributed by atoms with Gasteiger partial charge in [0.2, 0.25) is 15.9 Å². The van der Waals surface area contributed by atoms with Crippen molar-refractivity contribution in [1.82, 2.24) is 9.21 Å². The van der Waals surface area contributed by atoms with Gasteiger partial charge in [0.15, 0.2) is 0 Å². The monoisotopic (exact) mass is 464 g/mol. The molecule has 1 amide bonds. The first-order valence-electron chi connectivity index (χ1n) is 11.7. The van der Waals surface area contributed by atoms with Crippen molar-refractivity contribution in [1.29, 1.82) is 0 Å². The standard InChI is InChI=1S/C27H32N2O3S/c1-3-21(2)29(20-22-9-5-4-6-10-22)27(30)24-15-17-28(18-16-24)33(31,32)26-14-13-23-11-7-8-12-25(23)19-26/h4-14,19,21,24H,3,15-18,20H2,1-2H3. The zero-order valence-corrected chi connectivity index (χ0v) is 20.2. The van der Waals surface area contributed by atoms with Gasteiger partial charge in [-0.15, -0.1) is 0 Å². The lowest BCUT2D eigenvalue weighted by Crippen LogP contribution is -2.46. The minimum Gasteiger partial charge on any atom is -0.335 e. The summed E-state index contributed by atoms with van der Waals surface area (Å²) < 4.78 is 28.1. The first-order chi connectivity index (χ1) is 15.9. The summed E-state index contributed by atoms with van der Waals surface area (Å²) in [7, 11) is -3.58. The van der Waals surface area contributed by atoms with E-state index in [0.717, 1.165) is 22.8 Å². The van der Waals surface area contributed by atoms with E-state index in [4.69, 9.17) is 0 Å². The summed E-state index contributed by atoms with van der Waals surface area (Å²) in [6.07, 6.45) is 1.98. The van der Waals surface area contributed by atoms with Gasteiger partial charge in [0, 0.05) is 31.6 Å². The van der Waals surface area contributed by atoms with Crippen LogP contribution in [0.25, 0.3) is 10.8 Å². The number of hydrogen-bond acceptors (Lipinski definition) is 3. The number of hydrogen-bond donors (Lipinski definition) is 0. The highest BCUT2D eigenvalue weighted by atomic mass is 32.2. The van der Waals surface area contributed by atoms with Crippen LogP contribution in [0.5, 0.6) is 0 Å². The van der Waals surface area contributed by atoms with Gasteiger partial charge in [-0.2, -0.15) is 4.31 Å². The van der Waals surface area contributed by atoms with Gasteiger partial charge in [-0.05, 0) is 54.7 Å². The van der Waals surface area contributed by atoms with Crippen LogP contribution in [0.1, 0.15) is 38.7 Å². The Morgan fingerprint density at radius 1 is 0.970 bits per heavy atom. The molecule has 0 saturated carbocycles. The number of carbonyl (C=O) groups is 1. The van der Waals surface area contributed by atoms with Gasteiger partial charge in [-0.1, -0.05) is 67.6 Å². The normalized spacial score (nSPS) is 16.5. The quantitative estimate of drug-likeness (QED) is 0.491. The van der Waals surface area contributed by atoms with Crippen LogP contribution in [0.3, 0.4) is 0 Å². The molecule has 1 aliphatic heterocycles. The first-order valence-corrected chi connectivity index (χ1v) is 13.2. The molecule has 0 radical (unpaired) electrons. The van der Waals surface area contributed by atoms with Gasteiger partial charge in [-0.3, -0.25) is 4.79 Å². The minimum atomic E-state index is -3.58. The number of sulfonamides is 1. The van der Waals surface area contributed by atoms with Gasteiger partial charge < -0.3 is 4.90 Å². The number of rotatable bonds is 7. The van der Waals surface area contributed by atoms with Gasteiger partial charge in [0.1, 0.15) is 0 Å². The zero-order chi connectivity index (χ0) is 23.4. The van der Waals surface area contributed by atoms with E-state index in [-0.39, 0.29) is 17.9 Å². The Labute approximate surface area is 197 Å². The van der Waals surface area contributed by atoms with Crippen molar-refractivity contribution < 1.29 is 13.2 Å². The molecule has 3 aromatic carbocycles. The van der Waals surface area contributed by atoms with Gasteiger partial charge in [-0.25, -0.2) is 8.42 Å². The molecule has 1 unspecified atom stereocenters. The summed E-state index contributed by atoms with van der Waals surface area (Å²) >= 11 is 0. The maximum Gasteiger partial charge on any atom is 0.243 e. The summed E-state index contributed by atoms with van der Waals surface area (Å²) in [5.74, 6) is -0.0123. The highest BCUT2D eigenvalue weighted by Gasteiger charge is 2.34. The Balaban J connectivity index is 1.45. The number of fused-ring (bicyclic) bond motifs is 1. The third kappa shape index (κ3) is 5.12. The van der Waals surface area contributed by atoms with E-state index in [1.54, 1.807) is 12.1 Å². The van der Waals surface area contributed by atoms with Crippen molar-refractivity contribution in [2.45, 2.75) is 50.6 Å². The fourth-order valence-electron chi connectivity index (χ4n) is 4.51. The Hall–Kier alpha value is -2.70. The molecule has 4 rings (SSSR count). The molecule has 33 heavy (non-hydrogen) atoms. The molecular weight excluding hydrogens is 432 g/mol. The van der Waals surface area contributed by atoms with Gasteiger partial charge in [0.25, 0.3) is 0 Å². The summed E-state index contributed by atoms with van der Waals surface area (Å²) in [6.45, 7) is 5.50. The second-order valence-corrected chi connectivity index (χ2v) is 10.8. The molecule has 1 atom stereocenters. The largest absolute Gasteiger partial charge is 0.335 e. The molecule has 0 bridgehead atoms. The van der Waals surface area contributed by atoms with Crippen LogP contribution in [0.4, 0.5) is 0 Å². The van der Waals surface area contributed by atoms with E-state index in [1.807, 2.05) is 65.6 Å². The van der Waals surface area contributed by atoms with Crippen molar-refractivity contribution in [3.8, 4) is 0 Å². The van der Waals surface area contributed by atoms with Crippen molar-refractivity contribution in [2.24, 2.45) is 5.92 Å². The lowest BCUT2D eigenvalue weighted by atomic mass is 9.95. The summed E-state index contributed by atoms with van der Waals surface area (Å²) in [4.78, 5) is 15.7. The molecule has 0 aromatic heterocycles. The zero-order valence-electron chi connectivity index (χ0n) is 19.4. The van der Waals surface area contributed by atoms with Crippen LogP contribution in [-0.4, -0.2) is 42.7 Å². The van der Waals surface area contributed by atoms with E-state index in [2.05, 4.69) is 13.8 Å². The highest BCUT2D eigenvalue weighted by molar-refractivity contribution is 7.89. The molecule has 3 aromatic rings. The number of carbonyl (C=O) groups excluding carboxylic acids is 1. The lowest BCUT2D eigenvalue weighted by molar-refractivity contribution is -0.139. The Morgan fingerprint density at radius 2 is 1.61 bits per heavy atom. The Bertz CT molecular complexity index is 1200. The maximum absolute atomic E-state index is 13.4. The predicted octanol–water partition coefficient (Wildman–Crippen LogP) is 5.07. The van der Waals surface area contributed by atoms with E-state index in [0.29, 0.717) is 37.4 Å². The number of amides is 1. The molecular formula is C27H32N2O3S. The molecule has 1 fully saturated rings. The summed E-state index contributed by atoms with van der Waals surface area (Å²) in [5.41, 5.74) is 1.11. The average molecular weight is 465 g/mol. The molecule has 0 spiro atoms. The van der Waals surface area contributed by atoms with Gasteiger partial charge in [0.05, 0.1) is 4.90 Å². The van der Waals surface area contributed by atoms with Crippen LogP contribution in [0.15, 0.2) is 77.7 Å². The van der Waals surface area contributed by atoms with Crippen LogP contribution in [-0.2, 0) is 21.4 Å². The second-order valence-electron chi connectivity index (χ2n) is 8.90. The first kappa shape index (κ1) is 23.5. The molecule has 1 aliphatic rings. The molecule has 1 heterocycles. The number of benzene rings is 3. The summed E-state index contributed by atoms with van der Waals surface area (Å²) in [5, 5.41) is 1.93. The SMILES string of the molecule is CCC(C)N(Cc1ccccc1)C(=O)C1CCN(S(=O)(=O)c2ccc3ccccc3c2)CC1. The molecule has 0 aliphatic carbocycles. The van der Waals surface area contributed by atoms with Crippen molar-refractivity contribution in [3.63, 3.8) is 0 Å². The number of nitrogens with zero attached hydrogens (tertiary/aromatic N) is 2. The fourth-order valence-corrected chi connectivity index (χ4v) is 6.01. The van der Waals surface area contributed by atoms with E-state index in [1.165, 1.54) is 4.31 Å². The van der Waals surface area contributed by atoms with Crippen molar-refractivity contribution in [2.75, 3.05) is 13.1 Å². The van der Waals surface area contributed by atoms with Gasteiger partial charge >= 0.3 is 0 Å². The average Bonchev–Trinajstić information content (AvgIpc) is 2.86. The topological polar surface area (TPSA) is 57.7 Å². The number of piperidine rings is 1. The molecule has 5 nitrogen and oxygen atoms in total. The maximum atomic E-state index is 13.4. The van der Waals surface area contributed by atoms with Crippen LogP contribution < -0.4 is 0 Å². The summed E-state index contributed by atoms with van der Waals surface area (Å²) in [6, 6.07) is 23.2. The van der Waals surface area contributed by atoms with E-state index < -0.39 is 10.0 Å². The lowest BCUT2D eigenvalue weighted by Gasteiger charge is -2.36. The highest BCUT2D eigenvalue weighted by Crippen LogP contribution is 2.28. The van der Waals surface area contributed by atoms with Crippen LogP contribution >= 0.6 is 0 Å². The molecule has 174 valence electrons. The Kier molecular flexibility index (Phi) is 7.15. The molecule has 6 heteroatoms. The van der Waals surface area contributed by atoms with Crippen molar-refractivity contribution in [3.05, 3.63) is 78.4 Å². The predicted molar refractivity (Wildman–Crippen MR) is 132 cm³/mol. The van der Waals surface area contributed by atoms with Crippen molar-refractivity contribution >= 4 is 26.7 Å². The second kappa shape index (κ2) is 10.1. The fraction of sp³-hybridized carbons (Fsp3) is 0.370. The van der Waals surface area contributed by atoms with Crippen LogP contribution in [0, 0.1) is 5.92 Å². The third-order valence-electron chi connectivity index (χ3n) is 6.76. The van der Waals surface area contributed by atoms with Crippen LogP contribution in [0.2, 0.25) is 0 Å². The molecule has 0 N–H and O–H groups in total. The third-order valence-corrected chi connectivity index (χ3v) is 8.66. The Morgan fingerprint density at radius 3 is 2.27 bits per heavy atom. The van der Waals surface area contributed by atoms with E-state index in [9.17, 15) is 13.2 Å². The van der Waals surface area contributed by atoms with E-state index >= 15 is 0 Å². The minimum absolute atomic E-state index is 0.135.